The molecule has 0 heterocycles. The molecule has 50 valence electrons. The van der Waals surface area contributed by atoms with E-state index in [1.807, 2.05) is 0 Å². The van der Waals surface area contributed by atoms with Crippen molar-refractivity contribution in [1.29, 1.82) is 0 Å². The standard InChI is InChI=1S/C4H10O4/c1-8-4(7,2-5)3-6/h5-7H,2-3H2,1H3. The number of aliphatic hydroxyl groups is 3. The van der Waals surface area contributed by atoms with Gasteiger partial charge in [-0.2, -0.15) is 0 Å². The molecule has 4 heteroatoms. The molecular formula is C4H10O4. The summed E-state index contributed by atoms with van der Waals surface area (Å²) in [6, 6.07) is 0. The first-order chi connectivity index (χ1) is 3.68. The van der Waals surface area contributed by atoms with Crippen molar-refractivity contribution in [1.82, 2.24) is 0 Å². The summed E-state index contributed by atoms with van der Waals surface area (Å²) in [4.78, 5) is 0. The van der Waals surface area contributed by atoms with E-state index >= 15 is 0 Å². The number of hydrogen-bond acceptors (Lipinski definition) is 4. The van der Waals surface area contributed by atoms with Crippen LogP contribution in [0.2, 0.25) is 0 Å². The predicted molar refractivity (Wildman–Crippen MR) is 26.1 cm³/mol. The maximum absolute atomic E-state index is 8.72. The van der Waals surface area contributed by atoms with Crippen molar-refractivity contribution in [2.75, 3.05) is 20.3 Å². The van der Waals surface area contributed by atoms with Gasteiger partial charge in [0.05, 0.1) is 13.2 Å². The first-order valence-electron chi connectivity index (χ1n) is 2.18. The normalized spacial score (nSPS) is 12.0. The monoisotopic (exact) mass is 122 g/mol. The minimum atomic E-state index is -1.76. The van der Waals surface area contributed by atoms with Crippen molar-refractivity contribution >= 4 is 0 Å². The fraction of sp³-hybridized carbons (Fsp3) is 1.00. The third-order valence-electron chi connectivity index (χ3n) is 0.874. The van der Waals surface area contributed by atoms with Crippen LogP contribution in [0.5, 0.6) is 0 Å². The average Bonchev–Trinajstić information content (AvgIpc) is 1.87. The zero-order valence-corrected chi connectivity index (χ0v) is 4.66. The van der Waals surface area contributed by atoms with Gasteiger partial charge in [-0.25, -0.2) is 0 Å². The molecule has 4 nitrogen and oxygen atoms in total. The highest BCUT2D eigenvalue weighted by Crippen LogP contribution is 2.00. The van der Waals surface area contributed by atoms with Crippen LogP contribution in [-0.2, 0) is 4.74 Å². The lowest BCUT2D eigenvalue weighted by atomic mass is 10.3. The first kappa shape index (κ1) is 7.84. The van der Waals surface area contributed by atoms with Gasteiger partial charge in [-0.05, 0) is 0 Å². The van der Waals surface area contributed by atoms with Gasteiger partial charge in [-0.15, -0.1) is 0 Å². The van der Waals surface area contributed by atoms with Crippen LogP contribution < -0.4 is 0 Å². The Hall–Kier alpha value is -0.160. The molecule has 0 aliphatic carbocycles. The molecule has 0 fully saturated rings. The van der Waals surface area contributed by atoms with Crippen LogP contribution in [0, 0.1) is 0 Å². The van der Waals surface area contributed by atoms with Crippen LogP contribution in [0.3, 0.4) is 0 Å². The second kappa shape index (κ2) is 2.99. The SMILES string of the molecule is COC(O)(CO)CO. The molecule has 0 spiro atoms. The molecular weight excluding hydrogens is 112 g/mol. The highest BCUT2D eigenvalue weighted by Gasteiger charge is 2.22. The fourth-order valence-electron chi connectivity index (χ4n) is 0.179. The molecule has 0 amide bonds. The van der Waals surface area contributed by atoms with E-state index in [9.17, 15) is 0 Å². The van der Waals surface area contributed by atoms with Crippen LogP contribution >= 0.6 is 0 Å². The van der Waals surface area contributed by atoms with E-state index in [4.69, 9.17) is 15.3 Å². The van der Waals surface area contributed by atoms with Crippen molar-refractivity contribution < 1.29 is 20.1 Å². The number of methoxy groups -OCH3 is 1. The average molecular weight is 122 g/mol. The molecule has 0 aromatic rings. The molecule has 0 aromatic carbocycles. The Morgan fingerprint density at radius 2 is 1.75 bits per heavy atom. The second-order valence-electron chi connectivity index (χ2n) is 1.47. The molecule has 0 atom stereocenters. The third kappa shape index (κ3) is 1.75. The fourth-order valence-corrected chi connectivity index (χ4v) is 0.179. The smallest absolute Gasteiger partial charge is 0.212 e. The summed E-state index contributed by atoms with van der Waals surface area (Å²) in [5, 5.41) is 25.2. The van der Waals surface area contributed by atoms with Crippen molar-refractivity contribution in [2.45, 2.75) is 5.79 Å². The molecule has 8 heavy (non-hydrogen) atoms. The van der Waals surface area contributed by atoms with E-state index in [0.29, 0.717) is 0 Å². The van der Waals surface area contributed by atoms with E-state index in [-0.39, 0.29) is 0 Å². The summed E-state index contributed by atoms with van der Waals surface area (Å²) >= 11 is 0. The maximum Gasteiger partial charge on any atom is 0.212 e. The number of hydrogen-bond donors (Lipinski definition) is 3. The van der Waals surface area contributed by atoms with Gasteiger partial charge in [0, 0.05) is 7.11 Å². The zero-order chi connectivity index (χ0) is 6.62. The Labute approximate surface area is 47.3 Å². The lowest BCUT2D eigenvalue weighted by Gasteiger charge is -2.19. The highest BCUT2D eigenvalue weighted by molar-refractivity contribution is 4.60. The molecule has 0 aromatic heterocycles. The second-order valence-corrected chi connectivity index (χ2v) is 1.47. The molecule has 0 rings (SSSR count). The Morgan fingerprint density at radius 1 is 1.38 bits per heavy atom. The topological polar surface area (TPSA) is 69.9 Å². The molecule has 0 saturated carbocycles. The lowest BCUT2D eigenvalue weighted by molar-refractivity contribution is -0.227. The van der Waals surface area contributed by atoms with Crippen molar-refractivity contribution in [2.24, 2.45) is 0 Å². The summed E-state index contributed by atoms with van der Waals surface area (Å²) in [7, 11) is 1.20. The zero-order valence-electron chi connectivity index (χ0n) is 4.66. The number of aliphatic hydroxyl groups excluding tert-OH is 2. The molecule has 0 saturated heterocycles. The van der Waals surface area contributed by atoms with E-state index < -0.39 is 19.0 Å². The molecule has 0 bridgehead atoms. The van der Waals surface area contributed by atoms with Crippen LogP contribution in [0.25, 0.3) is 0 Å². The molecule has 0 radical (unpaired) electrons. The Morgan fingerprint density at radius 3 is 1.75 bits per heavy atom. The minimum absolute atomic E-state index is 0.597. The number of ether oxygens (including phenoxy) is 1. The van der Waals surface area contributed by atoms with Gasteiger partial charge in [0.15, 0.2) is 0 Å². The molecule has 0 unspecified atom stereocenters. The summed E-state index contributed by atoms with van der Waals surface area (Å²) in [5.74, 6) is -1.76. The van der Waals surface area contributed by atoms with Crippen LogP contribution in [-0.4, -0.2) is 41.4 Å². The quantitative estimate of drug-likeness (QED) is 0.390. The van der Waals surface area contributed by atoms with Crippen molar-refractivity contribution in [3.63, 3.8) is 0 Å². The van der Waals surface area contributed by atoms with E-state index in [2.05, 4.69) is 4.74 Å². The summed E-state index contributed by atoms with van der Waals surface area (Å²) < 4.78 is 4.29. The van der Waals surface area contributed by atoms with Gasteiger partial charge < -0.3 is 20.1 Å². The highest BCUT2D eigenvalue weighted by atomic mass is 16.6. The summed E-state index contributed by atoms with van der Waals surface area (Å²) in [5.41, 5.74) is 0. The molecule has 0 aliphatic heterocycles. The summed E-state index contributed by atoms with van der Waals surface area (Å²) in [6.07, 6.45) is 0. The first-order valence-corrected chi connectivity index (χ1v) is 2.18. The van der Waals surface area contributed by atoms with E-state index in [1.165, 1.54) is 7.11 Å². The predicted octanol–water partition coefficient (Wildman–Crippen LogP) is -1.69. The maximum atomic E-state index is 8.72. The summed E-state index contributed by atoms with van der Waals surface area (Å²) in [6.45, 7) is -1.19. The van der Waals surface area contributed by atoms with Gasteiger partial charge in [-0.3, -0.25) is 0 Å². The van der Waals surface area contributed by atoms with Gasteiger partial charge in [0.1, 0.15) is 0 Å². The lowest BCUT2D eigenvalue weighted by Crippen LogP contribution is -2.39. The largest absolute Gasteiger partial charge is 0.391 e. The Kier molecular flexibility index (Phi) is 2.93. The Bertz CT molecular complexity index is 50.8. The van der Waals surface area contributed by atoms with E-state index in [0.717, 1.165) is 0 Å². The van der Waals surface area contributed by atoms with Crippen molar-refractivity contribution in [3.05, 3.63) is 0 Å². The molecule has 0 aliphatic rings. The van der Waals surface area contributed by atoms with Gasteiger partial charge in [-0.1, -0.05) is 0 Å². The number of rotatable bonds is 3. The van der Waals surface area contributed by atoms with Gasteiger partial charge >= 0.3 is 0 Å². The van der Waals surface area contributed by atoms with Crippen LogP contribution in [0.1, 0.15) is 0 Å². The van der Waals surface area contributed by atoms with Crippen molar-refractivity contribution in [3.8, 4) is 0 Å². The van der Waals surface area contributed by atoms with Gasteiger partial charge in [0.2, 0.25) is 5.79 Å². The van der Waals surface area contributed by atoms with E-state index in [1.54, 1.807) is 0 Å². The van der Waals surface area contributed by atoms with Gasteiger partial charge in [0.25, 0.3) is 0 Å². The Balaban J connectivity index is 3.58. The van der Waals surface area contributed by atoms with Crippen LogP contribution in [0.4, 0.5) is 0 Å². The molecule has 3 N–H and O–H groups in total. The third-order valence-corrected chi connectivity index (χ3v) is 0.874. The minimum Gasteiger partial charge on any atom is -0.391 e. The van der Waals surface area contributed by atoms with Crippen LogP contribution in [0.15, 0.2) is 0 Å².